The number of thiophene rings is 1. The van der Waals surface area contributed by atoms with Gasteiger partial charge in [0.05, 0.1) is 11.4 Å². The fourth-order valence-electron chi connectivity index (χ4n) is 5.06. The van der Waals surface area contributed by atoms with Gasteiger partial charge in [-0.15, -0.1) is 11.3 Å². The van der Waals surface area contributed by atoms with E-state index < -0.39 is 7.05 Å². The molecule has 5 rings (SSSR count). The molecule has 0 radical (unpaired) electrons. The van der Waals surface area contributed by atoms with Crippen molar-refractivity contribution in [3.63, 3.8) is 0 Å². The van der Waals surface area contributed by atoms with E-state index in [4.69, 9.17) is 0 Å². The van der Waals surface area contributed by atoms with Crippen LogP contribution in [0.3, 0.4) is 0 Å². The van der Waals surface area contributed by atoms with Crippen LogP contribution in [0.5, 0.6) is 0 Å². The third-order valence-electron chi connectivity index (χ3n) is 6.48. The average molecular weight is 399 g/mol. The first kappa shape index (κ1) is 18.3. The standard InChI is InChI=1S/C19H26BN5O2S/c1-3-13-7-14-16(21-12-22-17(14)28-13)23-8-19(9-23)10-24(11-19)18(26)15-5-4-6-25(15)20(2)27/h7,12,15,27H,3-6,8-11H2,1-2H3/t15-/m0/s1. The van der Waals surface area contributed by atoms with Crippen molar-refractivity contribution in [3.05, 3.63) is 17.3 Å². The highest BCUT2D eigenvalue weighted by Crippen LogP contribution is 2.44. The number of amides is 1. The molecule has 1 atom stereocenters. The van der Waals surface area contributed by atoms with E-state index in [0.717, 1.165) is 68.0 Å². The first-order valence-corrected chi connectivity index (χ1v) is 11.0. The minimum absolute atomic E-state index is 0.145. The predicted octanol–water partition coefficient (Wildman–Crippen LogP) is 1.48. The van der Waals surface area contributed by atoms with E-state index in [-0.39, 0.29) is 17.4 Å². The molecule has 5 heterocycles. The van der Waals surface area contributed by atoms with E-state index in [1.165, 1.54) is 4.88 Å². The molecule has 7 nitrogen and oxygen atoms in total. The van der Waals surface area contributed by atoms with Crippen LogP contribution in [0.4, 0.5) is 5.82 Å². The van der Waals surface area contributed by atoms with Crippen LogP contribution in [0.1, 0.15) is 24.6 Å². The number of nitrogens with zero attached hydrogens (tertiary/aromatic N) is 5. The lowest BCUT2D eigenvalue weighted by Gasteiger charge is -2.61. The summed E-state index contributed by atoms with van der Waals surface area (Å²) in [6, 6.07) is 2.08. The van der Waals surface area contributed by atoms with E-state index >= 15 is 0 Å². The van der Waals surface area contributed by atoms with Crippen LogP contribution in [0.25, 0.3) is 10.2 Å². The van der Waals surface area contributed by atoms with Gasteiger partial charge >= 0.3 is 7.05 Å². The lowest BCUT2D eigenvalue weighted by molar-refractivity contribution is -0.149. The van der Waals surface area contributed by atoms with E-state index in [9.17, 15) is 9.82 Å². The van der Waals surface area contributed by atoms with Gasteiger partial charge in [0.2, 0.25) is 5.91 Å². The molecule has 1 spiro atoms. The Balaban J connectivity index is 1.23. The Bertz CT molecular complexity index is 905. The number of hydrogen-bond acceptors (Lipinski definition) is 7. The highest BCUT2D eigenvalue weighted by atomic mass is 32.1. The number of carbonyl (C=O) groups is 1. The summed E-state index contributed by atoms with van der Waals surface area (Å²) in [6.45, 7) is 8.28. The second-order valence-electron chi connectivity index (χ2n) is 8.56. The van der Waals surface area contributed by atoms with Crippen LogP contribution in [0.15, 0.2) is 12.4 Å². The molecule has 9 heteroatoms. The highest BCUT2D eigenvalue weighted by molar-refractivity contribution is 7.18. The Morgan fingerprint density at radius 1 is 1.36 bits per heavy atom. The number of carbonyl (C=O) groups excluding carboxylic acids is 1. The molecule has 3 fully saturated rings. The zero-order valence-corrected chi connectivity index (χ0v) is 17.3. The number of aryl methyl sites for hydroxylation is 1. The third-order valence-corrected chi connectivity index (χ3v) is 7.67. The second kappa shape index (κ2) is 6.67. The zero-order chi connectivity index (χ0) is 19.5. The first-order valence-electron chi connectivity index (χ1n) is 10.2. The average Bonchev–Trinajstić information content (AvgIpc) is 3.26. The molecule has 148 valence electrons. The van der Waals surface area contributed by atoms with Crippen molar-refractivity contribution in [3.8, 4) is 0 Å². The molecule has 2 aromatic rings. The number of likely N-dealkylation sites (tertiary alicyclic amines) is 1. The largest absolute Gasteiger partial charge is 0.437 e. The van der Waals surface area contributed by atoms with Crippen molar-refractivity contribution < 1.29 is 9.82 Å². The van der Waals surface area contributed by atoms with Gasteiger partial charge in [0.1, 0.15) is 17.0 Å². The SMILES string of the molecule is CCc1cc2c(N3CC4(CN(C(=O)[C@@H]5CCCN5B(C)O)C4)C3)ncnc2s1. The van der Waals surface area contributed by atoms with Gasteiger partial charge in [0, 0.05) is 36.5 Å². The summed E-state index contributed by atoms with van der Waals surface area (Å²) >= 11 is 1.75. The van der Waals surface area contributed by atoms with Crippen LogP contribution in [-0.2, 0) is 11.2 Å². The lowest BCUT2D eigenvalue weighted by atomic mass is 9.72. The summed E-state index contributed by atoms with van der Waals surface area (Å²) in [5.74, 6) is 1.23. The summed E-state index contributed by atoms with van der Waals surface area (Å²) in [6.07, 6.45) is 4.53. The van der Waals surface area contributed by atoms with E-state index in [0.29, 0.717) is 0 Å². The van der Waals surface area contributed by atoms with Crippen LogP contribution in [0, 0.1) is 5.41 Å². The number of hydrogen-bond donors (Lipinski definition) is 1. The second-order valence-corrected chi connectivity index (χ2v) is 9.68. The number of aromatic nitrogens is 2. The maximum absolute atomic E-state index is 12.9. The van der Waals surface area contributed by atoms with Crippen molar-refractivity contribution in [1.82, 2.24) is 19.7 Å². The molecule has 2 aromatic heterocycles. The van der Waals surface area contributed by atoms with Crippen LogP contribution < -0.4 is 4.90 Å². The molecular formula is C19H26BN5O2S. The Hall–Kier alpha value is -1.71. The van der Waals surface area contributed by atoms with Gasteiger partial charge in [-0.1, -0.05) is 6.92 Å². The molecule has 0 bridgehead atoms. The quantitative estimate of drug-likeness (QED) is 0.786. The van der Waals surface area contributed by atoms with Gasteiger partial charge in [-0.3, -0.25) is 4.79 Å². The van der Waals surface area contributed by atoms with Crippen molar-refractivity contribution in [2.24, 2.45) is 5.41 Å². The van der Waals surface area contributed by atoms with E-state index in [1.807, 2.05) is 9.71 Å². The Morgan fingerprint density at radius 3 is 2.86 bits per heavy atom. The van der Waals surface area contributed by atoms with Crippen molar-refractivity contribution in [2.45, 2.75) is 39.1 Å². The zero-order valence-electron chi connectivity index (χ0n) is 16.5. The maximum Gasteiger partial charge on any atom is 0.377 e. The molecular weight excluding hydrogens is 373 g/mol. The molecule has 1 N–H and O–H groups in total. The van der Waals surface area contributed by atoms with Crippen LogP contribution in [0.2, 0.25) is 6.82 Å². The smallest absolute Gasteiger partial charge is 0.377 e. The Labute approximate surface area is 169 Å². The Morgan fingerprint density at radius 2 is 2.14 bits per heavy atom. The molecule has 3 saturated heterocycles. The highest BCUT2D eigenvalue weighted by Gasteiger charge is 2.55. The van der Waals surface area contributed by atoms with Gasteiger partial charge in [-0.25, -0.2) is 9.97 Å². The summed E-state index contributed by atoms with van der Waals surface area (Å²) in [5.41, 5.74) is 0.213. The van der Waals surface area contributed by atoms with Gasteiger partial charge < -0.3 is 19.6 Å². The molecule has 0 unspecified atom stereocenters. The van der Waals surface area contributed by atoms with E-state index in [2.05, 4.69) is 27.9 Å². The van der Waals surface area contributed by atoms with Crippen molar-refractivity contribution in [1.29, 1.82) is 0 Å². The molecule has 0 aromatic carbocycles. The molecule has 1 amide bonds. The maximum atomic E-state index is 12.9. The fourth-order valence-corrected chi connectivity index (χ4v) is 5.99. The molecule has 3 aliphatic heterocycles. The molecule has 3 aliphatic rings. The number of anilines is 1. The van der Waals surface area contributed by atoms with Crippen molar-refractivity contribution in [2.75, 3.05) is 37.6 Å². The molecule has 0 saturated carbocycles. The molecule has 28 heavy (non-hydrogen) atoms. The summed E-state index contributed by atoms with van der Waals surface area (Å²) < 4.78 is 0. The van der Waals surface area contributed by atoms with Crippen LogP contribution in [-0.4, -0.2) is 76.4 Å². The summed E-state index contributed by atoms with van der Waals surface area (Å²) in [7, 11) is -0.551. The monoisotopic (exact) mass is 399 g/mol. The number of rotatable bonds is 4. The van der Waals surface area contributed by atoms with Crippen molar-refractivity contribution >= 4 is 40.3 Å². The van der Waals surface area contributed by atoms with Crippen LogP contribution >= 0.6 is 11.3 Å². The van der Waals surface area contributed by atoms with E-state index in [1.54, 1.807) is 24.5 Å². The minimum Gasteiger partial charge on any atom is -0.437 e. The summed E-state index contributed by atoms with van der Waals surface area (Å²) in [5, 5.41) is 11.1. The topological polar surface area (TPSA) is 72.8 Å². The third kappa shape index (κ3) is 2.83. The predicted molar refractivity (Wildman–Crippen MR) is 112 cm³/mol. The minimum atomic E-state index is -0.551. The molecule has 0 aliphatic carbocycles. The summed E-state index contributed by atoms with van der Waals surface area (Å²) in [4.78, 5) is 30.5. The van der Waals surface area contributed by atoms with Gasteiger partial charge in [-0.2, -0.15) is 0 Å². The van der Waals surface area contributed by atoms with Gasteiger partial charge in [0.25, 0.3) is 0 Å². The Kier molecular flexibility index (Phi) is 4.37. The fraction of sp³-hybridized carbons (Fsp3) is 0.632. The normalized spacial score (nSPS) is 23.9. The lowest BCUT2D eigenvalue weighted by Crippen LogP contribution is -2.74. The number of fused-ring (bicyclic) bond motifs is 1. The van der Waals surface area contributed by atoms with Gasteiger partial charge in [0.15, 0.2) is 0 Å². The van der Waals surface area contributed by atoms with Gasteiger partial charge in [-0.05, 0) is 38.7 Å². The first-order chi connectivity index (χ1) is 13.5.